The van der Waals surface area contributed by atoms with Crippen LogP contribution in [0.1, 0.15) is 28.7 Å². The van der Waals surface area contributed by atoms with Crippen LogP contribution in [0.5, 0.6) is 0 Å². The summed E-state index contributed by atoms with van der Waals surface area (Å²) in [6.45, 7) is 3.61. The first kappa shape index (κ1) is 15.2. The summed E-state index contributed by atoms with van der Waals surface area (Å²) in [6.07, 6.45) is 1.81. The third-order valence-electron chi connectivity index (χ3n) is 3.91. The van der Waals surface area contributed by atoms with Crippen LogP contribution in [0.4, 0.5) is 0 Å². The van der Waals surface area contributed by atoms with Crippen molar-refractivity contribution < 1.29 is 9.90 Å². The average molecular weight is 309 g/mol. The number of fused-ring (bicyclic) bond motifs is 1. The van der Waals surface area contributed by atoms with Crippen LogP contribution in [-0.2, 0) is 5.60 Å². The number of imidazole rings is 1. The van der Waals surface area contributed by atoms with Gasteiger partial charge in [-0.1, -0.05) is 36.4 Å². The maximum absolute atomic E-state index is 12.5. The molecule has 1 atom stereocenters. The topological polar surface area (TPSA) is 66.6 Å². The van der Waals surface area contributed by atoms with E-state index in [0.29, 0.717) is 11.4 Å². The maximum Gasteiger partial charge on any atom is 0.270 e. The number of rotatable bonds is 4. The van der Waals surface area contributed by atoms with Gasteiger partial charge >= 0.3 is 0 Å². The zero-order valence-electron chi connectivity index (χ0n) is 13.2. The van der Waals surface area contributed by atoms with Crippen molar-refractivity contribution in [1.82, 2.24) is 14.7 Å². The van der Waals surface area contributed by atoms with Crippen molar-refractivity contribution in [3.05, 3.63) is 71.7 Å². The number of aliphatic hydroxyl groups is 1. The first-order chi connectivity index (χ1) is 11.0. The highest BCUT2D eigenvalue weighted by molar-refractivity contribution is 5.94. The van der Waals surface area contributed by atoms with Crippen molar-refractivity contribution in [3.63, 3.8) is 0 Å². The molecule has 0 aliphatic rings. The Morgan fingerprint density at radius 2 is 1.91 bits per heavy atom. The van der Waals surface area contributed by atoms with E-state index in [1.807, 2.05) is 48.5 Å². The van der Waals surface area contributed by atoms with Gasteiger partial charge in [0.05, 0.1) is 12.2 Å². The highest BCUT2D eigenvalue weighted by Crippen LogP contribution is 2.19. The van der Waals surface area contributed by atoms with E-state index in [4.69, 9.17) is 0 Å². The SMILES string of the molecule is Cc1nc2ccccn2c1C(=O)NCC(C)(O)c1ccccc1. The molecule has 118 valence electrons. The zero-order valence-corrected chi connectivity index (χ0v) is 13.2. The lowest BCUT2D eigenvalue weighted by atomic mass is 9.96. The van der Waals surface area contributed by atoms with Crippen LogP contribution in [0.25, 0.3) is 5.65 Å². The Bertz CT molecular complexity index is 838. The molecule has 0 aliphatic heterocycles. The Morgan fingerprint density at radius 3 is 2.65 bits per heavy atom. The molecule has 0 spiro atoms. The molecular formula is C18H19N3O2. The van der Waals surface area contributed by atoms with Crippen LogP contribution in [-0.4, -0.2) is 26.9 Å². The molecule has 0 saturated carbocycles. The smallest absolute Gasteiger partial charge is 0.270 e. The molecule has 0 aliphatic carbocycles. The molecular weight excluding hydrogens is 290 g/mol. The van der Waals surface area contributed by atoms with Gasteiger partial charge in [-0.25, -0.2) is 4.98 Å². The van der Waals surface area contributed by atoms with Crippen LogP contribution in [0, 0.1) is 6.92 Å². The van der Waals surface area contributed by atoms with E-state index < -0.39 is 5.60 Å². The molecule has 3 aromatic rings. The summed E-state index contributed by atoms with van der Waals surface area (Å²) in [5.74, 6) is -0.252. The summed E-state index contributed by atoms with van der Waals surface area (Å²) in [5.41, 5.74) is 1.50. The van der Waals surface area contributed by atoms with Crippen molar-refractivity contribution in [3.8, 4) is 0 Å². The second kappa shape index (κ2) is 5.85. The Morgan fingerprint density at radius 1 is 1.22 bits per heavy atom. The van der Waals surface area contributed by atoms with E-state index in [2.05, 4.69) is 10.3 Å². The molecule has 0 radical (unpaired) electrons. The predicted molar refractivity (Wildman–Crippen MR) is 88.3 cm³/mol. The fraction of sp³-hybridized carbons (Fsp3) is 0.222. The Balaban J connectivity index is 1.80. The second-order valence-electron chi connectivity index (χ2n) is 5.80. The van der Waals surface area contributed by atoms with Crippen LogP contribution in [0.2, 0.25) is 0 Å². The van der Waals surface area contributed by atoms with E-state index in [1.165, 1.54) is 0 Å². The van der Waals surface area contributed by atoms with E-state index in [-0.39, 0.29) is 12.5 Å². The minimum absolute atomic E-state index is 0.120. The monoisotopic (exact) mass is 309 g/mol. The largest absolute Gasteiger partial charge is 0.384 e. The zero-order chi connectivity index (χ0) is 16.4. The van der Waals surface area contributed by atoms with E-state index in [0.717, 1.165) is 11.2 Å². The average Bonchev–Trinajstić information content (AvgIpc) is 2.89. The Hall–Kier alpha value is -2.66. The molecule has 1 amide bonds. The van der Waals surface area contributed by atoms with Gasteiger partial charge in [-0.3, -0.25) is 9.20 Å². The van der Waals surface area contributed by atoms with Crippen molar-refractivity contribution in [1.29, 1.82) is 0 Å². The van der Waals surface area contributed by atoms with E-state index >= 15 is 0 Å². The van der Waals surface area contributed by atoms with Crippen molar-refractivity contribution in [2.45, 2.75) is 19.4 Å². The van der Waals surface area contributed by atoms with Gasteiger partial charge in [-0.15, -0.1) is 0 Å². The van der Waals surface area contributed by atoms with Crippen LogP contribution in [0.3, 0.4) is 0 Å². The van der Waals surface area contributed by atoms with Gasteiger partial charge in [0.2, 0.25) is 0 Å². The van der Waals surface area contributed by atoms with Gasteiger partial charge in [0.15, 0.2) is 0 Å². The van der Waals surface area contributed by atoms with E-state index in [1.54, 1.807) is 24.4 Å². The number of pyridine rings is 1. The van der Waals surface area contributed by atoms with Crippen molar-refractivity contribution in [2.24, 2.45) is 0 Å². The number of nitrogens with zero attached hydrogens (tertiary/aromatic N) is 2. The molecule has 23 heavy (non-hydrogen) atoms. The Kier molecular flexibility index (Phi) is 3.88. The molecule has 5 nitrogen and oxygen atoms in total. The molecule has 5 heteroatoms. The third-order valence-corrected chi connectivity index (χ3v) is 3.91. The number of hydrogen-bond donors (Lipinski definition) is 2. The number of benzene rings is 1. The summed E-state index contributed by atoms with van der Waals surface area (Å²) in [7, 11) is 0. The van der Waals surface area contributed by atoms with Crippen LogP contribution in [0.15, 0.2) is 54.7 Å². The summed E-state index contributed by atoms with van der Waals surface area (Å²) in [4.78, 5) is 16.9. The summed E-state index contributed by atoms with van der Waals surface area (Å²) >= 11 is 0. The number of amides is 1. The lowest BCUT2D eigenvalue weighted by Crippen LogP contribution is -2.39. The van der Waals surface area contributed by atoms with Crippen molar-refractivity contribution >= 4 is 11.6 Å². The molecule has 0 fully saturated rings. The first-order valence-corrected chi connectivity index (χ1v) is 7.49. The predicted octanol–water partition coefficient (Wildman–Crippen LogP) is 2.28. The molecule has 2 heterocycles. The highest BCUT2D eigenvalue weighted by atomic mass is 16.3. The molecule has 2 aromatic heterocycles. The minimum atomic E-state index is -1.13. The fourth-order valence-corrected chi connectivity index (χ4v) is 2.62. The first-order valence-electron chi connectivity index (χ1n) is 7.49. The number of carbonyl (C=O) groups excluding carboxylic acids is 1. The van der Waals surface area contributed by atoms with E-state index in [9.17, 15) is 9.90 Å². The number of aryl methyl sites for hydroxylation is 1. The standard InChI is InChI=1S/C18H19N3O2/c1-13-16(21-11-7-6-10-15(21)20-13)17(22)19-12-18(2,23)14-8-4-3-5-9-14/h3-11,23H,12H2,1-2H3,(H,19,22). The number of hydrogen-bond acceptors (Lipinski definition) is 3. The highest BCUT2D eigenvalue weighted by Gasteiger charge is 2.25. The van der Waals surface area contributed by atoms with Gasteiger partial charge in [0.1, 0.15) is 16.9 Å². The van der Waals surface area contributed by atoms with Crippen LogP contribution < -0.4 is 5.32 Å². The van der Waals surface area contributed by atoms with Crippen molar-refractivity contribution in [2.75, 3.05) is 6.54 Å². The summed E-state index contributed by atoms with van der Waals surface area (Å²) in [5, 5.41) is 13.4. The summed E-state index contributed by atoms with van der Waals surface area (Å²) < 4.78 is 1.75. The number of carbonyl (C=O) groups is 1. The lowest BCUT2D eigenvalue weighted by Gasteiger charge is -2.24. The molecule has 2 N–H and O–H groups in total. The van der Waals surface area contributed by atoms with Crippen LogP contribution >= 0.6 is 0 Å². The van der Waals surface area contributed by atoms with Gasteiger partial charge in [0, 0.05) is 6.20 Å². The normalized spacial score (nSPS) is 13.7. The second-order valence-corrected chi connectivity index (χ2v) is 5.80. The summed E-state index contributed by atoms with van der Waals surface area (Å²) in [6, 6.07) is 14.9. The molecule has 3 rings (SSSR count). The number of nitrogens with one attached hydrogen (secondary N) is 1. The lowest BCUT2D eigenvalue weighted by molar-refractivity contribution is 0.0524. The number of aromatic nitrogens is 2. The van der Waals surface area contributed by atoms with Gasteiger partial charge in [0.25, 0.3) is 5.91 Å². The van der Waals surface area contributed by atoms with Gasteiger partial charge in [-0.05, 0) is 31.5 Å². The molecule has 1 unspecified atom stereocenters. The molecule has 0 bridgehead atoms. The molecule has 1 aromatic carbocycles. The quantitative estimate of drug-likeness (QED) is 0.777. The minimum Gasteiger partial charge on any atom is -0.384 e. The fourth-order valence-electron chi connectivity index (χ4n) is 2.62. The third kappa shape index (κ3) is 2.96. The van der Waals surface area contributed by atoms with Gasteiger partial charge in [-0.2, -0.15) is 0 Å². The molecule has 0 saturated heterocycles. The van der Waals surface area contributed by atoms with Gasteiger partial charge < -0.3 is 10.4 Å². The Labute approximate surface area is 134 Å². The maximum atomic E-state index is 12.5.